The van der Waals surface area contributed by atoms with Crippen molar-refractivity contribution in [3.63, 3.8) is 0 Å². The number of imide groups is 1. The van der Waals surface area contributed by atoms with Crippen molar-refractivity contribution < 1.29 is 9.59 Å². The molecule has 1 saturated heterocycles. The molecule has 0 saturated carbocycles. The number of amides is 3. The molecule has 0 aromatic carbocycles. The summed E-state index contributed by atoms with van der Waals surface area (Å²) in [6.07, 6.45) is 9.53. The Morgan fingerprint density at radius 1 is 1.56 bits per heavy atom. The minimum atomic E-state index is -0.805. The van der Waals surface area contributed by atoms with Crippen LogP contribution in [-0.4, -0.2) is 28.7 Å². The van der Waals surface area contributed by atoms with Crippen LogP contribution in [0.2, 0.25) is 0 Å². The summed E-state index contributed by atoms with van der Waals surface area (Å²) in [5.41, 5.74) is -0.805. The first-order valence-corrected chi connectivity index (χ1v) is 6.42. The zero-order valence-corrected chi connectivity index (χ0v) is 10.8. The number of carbonyl (C=O) groups is 2. The van der Waals surface area contributed by atoms with E-state index in [1.165, 1.54) is 0 Å². The van der Waals surface area contributed by atoms with Gasteiger partial charge in [0, 0.05) is 6.21 Å². The SMILES string of the molecule is CC[C@]1(C)NC(=O)N(/N=C\[C@@H]2CC=CCC2)C1=O. The quantitative estimate of drug-likeness (QED) is 0.472. The van der Waals surface area contributed by atoms with Crippen LogP contribution in [0.15, 0.2) is 17.3 Å². The third-order valence-corrected chi connectivity index (χ3v) is 3.65. The highest BCUT2D eigenvalue weighted by molar-refractivity contribution is 6.06. The van der Waals surface area contributed by atoms with Gasteiger partial charge in [0.2, 0.25) is 0 Å². The summed E-state index contributed by atoms with van der Waals surface area (Å²) in [6.45, 7) is 3.60. The van der Waals surface area contributed by atoms with Crippen molar-refractivity contribution in [2.45, 2.75) is 45.1 Å². The number of urea groups is 1. The predicted octanol–water partition coefficient (Wildman–Crippen LogP) is 2.05. The maximum absolute atomic E-state index is 12.1. The van der Waals surface area contributed by atoms with Crippen molar-refractivity contribution in [3.05, 3.63) is 12.2 Å². The zero-order chi connectivity index (χ0) is 13.2. The molecule has 2 rings (SSSR count). The third-order valence-electron chi connectivity index (χ3n) is 3.65. The molecule has 1 aliphatic heterocycles. The standard InChI is InChI=1S/C13H19N3O2/c1-3-13(2)11(17)16(12(18)15-13)14-9-10-7-5-4-6-8-10/h4-5,9-10H,3,6-8H2,1-2H3,(H,15,18)/b14-9-/t10-,13+/m1/s1. The normalized spacial score (nSPS) is 32.3. The van der Waals surface area contributed by atoms with Crippen LogP contribution < -0.4 is 5.32 Å². The average molecular weight is 249 g/mol. The van der Waals surface area contributed by atoms with Crippen molar-refractivity contribution in [1.29, 1.82) is 0 Å². The van der Waals surface area contributed by atoms with Crippen molar-refractivity contribution in [2.24, 2.45) is 11.0 Å². The van der Waals surface area contributed by atoms with E-state index in [1.54, 1.807) is 13.1 Å². The van der Waals surface area contributed by atoms with Gasteiger partial charge in [-0.15, -0.1) is 5.01 Å². The minimum Gasteiger partial charge on any atom is -0.322 e. The van der Waals surface area contributed by atoms with Crippen molar-refractivity contribution in [1.82, 2.24) is 10.3 Å². The smallest absolute Gasteiger partial charge is 0.322 e. The molecule has 18 heavy (non-hydrogen) atoms. The van der Waals surface area contributed by atoms with Crippen LogP contribution in [0.25, 0.3) is 0 Å². The first-order chi connectivity index (χ1) is 8.57. The highest BCUT2D eigenvalue weighted by Gasteiger charge is 2.46. The van der Waals surface area contributed by atoms with Gasteiger partial charge in [-0.25, -0.2) is 4.79 Å². The molecule has 1 fully saturated rings. The third kappa shape index (κ3) is 2.30. The molecule has 0 radical (unpaired) electrons. The summed E-state index contributed by atoms with van der Waals surface area (Å²) < 4.78 is 0. The van der Waals surface area contributed by atoms with Crippen molar-refractivity contribution in [3.8, 4) is 0 Å². The average Bonchev–Trinajstić information content (AvgIpc) is 2.60. The van der Waals surface area contributed by atoms with E-state index in [-0.39, 0.29) is 5.91 Å². The molecule has 0 bridgehead atoms. The summed E-state index contributed by atoms with van der Waals surface area (Å²) >= 11 is 0. The molecule has 3 amide bonds. The van der Waals surface area contributed by atoms with Gasteiger partial charge in [0.1, 0.15) is 5.54 Å². The Labute approximate surface area is 107 Å². The predicted molar refractivity (Wildman–Crippen MR) is 69.0 cm³/mol. The molecule has 2 aliphatic rings. The summed E-state index contributed by atoms with van der Waals surface area (Å²) in [7, 11) is 0. The summed E-state index contributed by atoms with van der Waals surface area (Å²) in [5, 5.41) is 7.70. The number of rotatable bonds is 3. The number of hydrogen-bond acceptors (Lipinski definition) is 3. The van der Waals surface area contributed by atoms with E-state index in [2.05, 4.69) is 22.6 Å². The lowest BCUT2D eigenvalue weighted by Gasteiger charge is -2.17. The van der Waals surface area contributed by atoms with Crippen LogP contribution in [0.4, 0.5) is 4.79 Å². The molecular weight excluding hydrogens is 230 g/mol. The number of hydrogen-bond donors (Lipinski definition) is 1. The van der Waals surface area contributed by atoms with E-state index in [0.29, 0.717) is 12.3 Å². The summed E-state index contributed by atoms with van der Waals surface area (Å²) in [6, 6.07) is -0.424. The number of nitrogens with zero attached hydrogens (tertiary/aromatic N) is 2. The van der Waals surface area contributed by atoms with Crippen LogP contribution in [0.5, 0.6) is 0 Å². The molecular formula is C13H19N3O2. The van der Waals surface area contributed by atoms with Gasteiger partial charge >= 0.3 is 6.03 Å². The molecule has 5 heteroatoms. The van der Waals surface area contributed by atoms with Crippen LogP contribution in [0, 0.1) is 5.92 Å². The van der Waals surface area contributed by atoms with Gasteiger partial charge in [-0.1, -0.05) is 19.1 Å². The molecule has 1 aliphatic carbocycles. The molecule has 5 nitrogen and oxygen atoms in total. The van der Waals surface area contributed by atoms with Crippen LogP contribution >= 0.6 is 0 Å². The lowest BCUT2D eigenvalue weighted by Crippen LogP contribution is -2.42. The molecule has 0 spiro atoms. The molecule has 0 aromatic rings. The lowest BCUT2D eigenvalue weighted by atomic mass is 9.96. The molecule has 1 heterocycles. The topological polar surface area (TPSA) is 61.8 Å². The van der Waals surface area contributed by atoms with Crippen LogP contribution in [0.1, 0.15) is 39.5 Å². The minimum absolute atomic E-state index is 0.266. The summed E-state index contributed by atoms with van der Waals surface area (Å²) in [4.78, 5) is 23.8. The van der Waals surface area contributed by atoms with Crippen molar-refractivity contribution >= 4 is 18.2 Å². The van der Waals surface area contributed by atoms with E-state index in [0.717, 1.165) is 24.3 Å². The Bertz CT molecular complexity index is 416. The second-order valence-electron chi connectivity index (χ2n) is 5.04. The fourth-order valence-corrected chi connectivity index (χ4v) is 2.13. The number of allylic oxidation sites excluding steroid dienone is 2. The highest BCUT2D eigenvalue weighted by Crippen LogP contribution is 2.22. The van der Waals surface area contributed by atoms with E-state index in [9.17, 15) is 9.59 Å². The molecule has 1 N–H and O–H groups in total. The maximum atomic E-state index is 12.1. The Hall–Kier alpha value is -1.65. The van der Waals surface area contributed by atoms with Crippen LogP contribution in [-0.2, 0) is 4.79 Å². The molecule has 98 valence electrons. The van der Waals surface area contributed by atoms with Gasteiger partial charge in [-0.2, -0.15) is 5.10 Å². The van der Waals surface area contributed by atoms with Gasteiger partial charge < -0.3 is 5.32 Å². The van der Waals surface area contributed by atoms with E-state index >= 15 is 0 Å². The number of carbonyl (C=O) groups excluding carboxylic acids is 2. The Balaban J connectivity index is 2.05. The maximum Gasteiger partial charge on any atom is 0.346 e. The fourth-order valence-electron chi connectivity index (χ4n) is 2.13. The van der Waals surface area contributed by atoms with E-state index in [1.807, 2.05) is 6.92 Å². The second kappa shape index (κ2) is 4.92. The first kappa shape index (κ1) is 12.8. The lowest BCUT2D eigenvalue weighted by molar-refractivity contribution is -0.130. The molecule has 0 aromatic heterocycles. The zero-order valence-electron chi connectivity index (χ0n) is 10.8. The summed E-state index contributed by atoms with van der Waals surface area (Å²) in [5.74, 6) is 0.0571. The highest BCUT2D eigenvalue weighted by atomic mass is 16.2. The Morgan fingerprint density at radius 2 is 2.33 bits per heavy atom. The number of nitrogens with one attached hydrogen (secondary N) is 1. The molecule has 0 unspecified atom stereocenters. The van der Waals surface area contributed by atoms with Crippen LogP contribution in [0.3, 0.4) is 0 Å². The monoisotopic (exact) mass is 249 g/mol. The van der Waals surface area contributed by atoms with Gasteiger partial charge in [0.05, 0.1) is 0 Å². The van der Waals surface area contributed by atoms with Gasteiger partial charge in [0.25, 0.3) is 5.91 Å². The van der Waals surface area contributed by atoms with Gasteiger partial charge in [0.15, 0.2) is 0 Å². The van der Waals surface area contributed by atoms with E-state index < -0.39 is 11.6 Å². The molecule has 2 atom stereocenters. The Kier molecular flexibility index (Phi) is 3.50. The number of hydrazone groups is 1. The van der Waals surface area contributed by atoms with E-state index in [4.69, 9.17) is 0 Å². The van der Waals surface area contributed by atoms with Crippen molar-refractivity contribution in [2.75, 3.05) is 0 Å². The van der Waals surface area contributed by atoms with Gasteiger partial charge in [-0.05, 0) is 38.5 Å². The fraction of sp³-hybridized carbons (Fsp3) is 0.615. The first-order valence-electron chi connectivity index (χ1n) is 6.42. The Morgan fingerprint density at radius 3 is 2.89 bits per heavy atom. The van der Waals surface area contributed by atoms with Gasteiger partial charge in [-0.3, -0.25) is 4.79 Å². The second-order valence-corrected chi connectivity index (χ2v) is 5.04. The largest absolute Gasteiger partial charge is 0.346 e.